The number of carbonyl (C=O) groups excluding carboxylic acids is 1. The summed E-state index contributed by atoms with van der Waals surface area (Å²) in [5.74, 6) is 0.887. The topological polar surface area (TPSA) is 89.3 Å². The van der Waals surface area contributed by atoms with Crippen LogP contribution >= 0.6 is 11.6 Å². The maximum Gasteiger partial charge on any atom is 0.251 e. The first-order chi connectivity index (χ1) is 9.86. The molecule has 0 saturated heterocycles. The van der Waals surface area contributed by atoms with E-state index in [4.69, 9.17) is 16.7 Å². The second kappa shape index (κ2) is 5.26. The number of halogens is 1. The normalized spacial score (nSPS) is 18.8. The Kier molecular flexibility index (Phi) is 3.71. The maximum absolute atomic E-state index is 12.3. The molecule has 0 heterocycles. The zero-order chi connectivity index (χ0) is 15.2. The van der Waals surface area contributed by atoms with E-state index in [1.54, 1.807) is 0 Å². The number of sulfonamides is 1. The molecule has 2 fully saturated rings. The molecule has 3 N–H and O–H groups in total. The largest absolute Gasteiger partial charge is 0.349 e. The molecule has 0 bridgehead atoms. The van der Waals surface area contributed by atoms with Gasteiger partial charge >= 0.3 is 0 Å². The van der Waals surface area contributed by atoms with E-state index >= 15 is 0 Å². The lowest BCUT2D eigenvalue weighted by Crippen LogP contribution is -2.38. The van der Waals surface area contributed by atoms with Crippen LogP contribution in [0.4, 0.5) is 0 Å². The number of nitrogens with two attached hydrogens (primary N) is 1. The van der Waals surface area contributed by atoms with Crippen LogP contribution < -0.4 is 10.5 Å². The number of hydrogen-bond acceptors (Lipinski definition) is 3. The quantitative estimate of drug-likeness (QED) is 0.865. The van der Waals surface area contributed by atoms with E-state index in [1.807, 2.05) is 0 Å². The van der Waals surface area contributed by atoms with Gasteiger partial charge in [-0.15, -0.1) is 0 Å². The predicted molar refractivity (Wildman–Crippen MR) is 79.5 cm³/mol. The molecule has 5 nitrogen and oxygen atoms in total. The Hall–Kier alpha value is -1.11. The van der Waals surface area contributed by atoms with Crippen molar-refractivity contribution in [1.29, 1.82) is 0 Å². The second-order valence-electron chi connectivity index (χ2n) is 5.86. The minimum Gasteiger partial charge on any atom is -0.349 e. The fraction of sp³-hybridized carbons (Fsp3) is 0.500. The van der Waals surface area contributed by atoms with E-state index in [-0.39, 0.29) is 27.4 Å². The van der Waals surface area contributed by atoms with Gasteiger partial charge in [0.2, 0.25) is 10.0 Å². The van der Waals surface area contributed by atoms with E-state index in [9.17, 15) is 13.2 Å². The van der Waals surface area contributed by atoms with E-state index in [0.717, 1.165) is 25.7 Å². The van der Waals surface area contributed by atoms with Gasteiger partial charge in [-0.1, -0.05) is 11.6 Å². The van der Waals surface area contributed by atoms with Crippen molar-refractivity contribution >= 4 is 27.5 Å². The lowest BCUT2D eigenvalue weighted by molar-refractivity contribution is 0.0926. The summed E-state index contributed by atoms with van der Waals surface area (Å²) in [4.78, 5) is 12.1. The van der Waals surface area contributed by atoms with Crippen LogP contribution in [0.2, 0.25) is 5.02 Å². The summed E-state index contributed by atoms with van der Waals surface area (Å²) < 4.78 is 22.9. The third-order valence-electron chi connectivity index (χ3n) is 4.06. The lowest BCUT2D eigenvalue weighted by atomic mass is 10.1. The lowest BCUT2D eigenvalue weighted by Gasteiger charge is -2.18. The smallest absolute Gasteiger partial charge is 0.251 e. The summed E-state index contributed by atoms with van der Waals surface area (Å²) in [7, 11) is -3.94. The number of amides is 1. The third-order valence-corrected chi connectivity index (χ3v) is 5.45. The summed E-state index contributed by atoms with van der Waals surface area (Å²) in [5.41, 5.74) is 0.273. The van der Waals surface area contributed by atoms with Crippen molar-refractivity contribution in [1.82, 2.24) is 5.32 Å². The molecule has 7 heteroatoms. The summed E-state index contributed by atoms with van der Waals surface area (Å²) in [6, 6.07) is 4.36. The second-order valence-corrected chi connectivity index (χ2v) is 7.80. The summed E-state index contributed by atoms with van der Waals surface area (Å²) in [5, 5.41) is 8.16. The van der Waals surface area contributed by atoms with Gasteiger partial charge < -0.3 is 5.32 Å². The first-order valence-electron chi connectivity index (χ1n) is 6.99. The SMILES string of the molecule is NS(=O)(=O)c1cc(C(=O)NC(C2CC2)C2CC2)ccc1Cl. The monoisotopic (exact) mass is 328 g/mol. The molecule has 3 rings (SSSR count). The number of rotatable bonds is 5. The first kappa shape index (κ1) is 14.8. The average molecular weight is 329 g/mol. The molecule has 21 heavy (non-hydrogen) atoms. The van der Waals surface area contributed by atoms with E-state index < -0.39 is 10.0 Å². The molecule has 0 aliphatic heterocycles. The molecule has 114 valence electrons. The molecule has 0 spiro atoms. The summed E-state index contributed by atoms with van der Waals surface area (Å²) in [6.45, 7) is 0. The number of hydrogen-bond donors (Lipinski definition) is 2. The van der Waals surface area contributed by atoms with E-state index in [1.165, 1.54) is 18.2 Å². The zero-order valence-corrected chi connectivity index (χ0v) is 13.0. The van der Waals surface area contributed by atoms with Crippen LogP contribution in [0.1, 0.15) is 36.0 Å². The van der Waals surface area contributed by atoms with Gasteiger partial charge in [-0.05, 0) is 55.7 Å². The fourth-order valence-corrected chi connectivity index (χ4v) is 3.70. The summed E-state index contributed by atoms with van der Waals surface area (Å²) >= 11 is 5.82. The van der Waals surface area contributed by atoms with Gasteiger partial charge in [0, 0.05) is 11.6 Å². The van der Waals surface area contributed by atoms with Crippen LogP contribution in [-0.2, 0) is 10.0 Å². The van der Waals surface area contributed by atoms with Crippen LogP contribution in [-0.4, -0.2) is 20.4 Å². The molecule has 1 aromatic rings. The fourth-order valence-electron chi connectivity index (χ4n) is 2.63. The highest BCUT2D eigenvalue weighted by atomic mass is 35.5. The van der Waals surface area contributed by atoms with E-state index in [0.29, 0.717) is 11.8 Å². The Bertz CT molecular complexity index is 669. The predicted octanol–water partition coefficient (Wildman–Crippen LogP) is 1.91. The molecule has 0 unspecified atom stereocenters. The molecule has 0 aromatic heterocycles. The van der Waals surface area contributed by atoms with Crippen molar-refractivity contribution in [2.24, 2.45) is 17.0 Å². The number of nitrogens with one attached hydrogen (secondary N) is 1. The van der Waals surface area contributed by atoms with Crippen LogP contribution in [0, 0.1) is 11.8 Å². The molecule has 1 aromatic carbocycles. The highest BCUT2D eigenvalue weighted by Crippen LogP contribution is 2.44. The van der Waals surface area contributed by atoms with Crippen molar-refractivity contribution in [3.63, 3.8) is 0 Å². The molecule has 2 aliphatic carbocycles. The van der Waals surface area contributed by atoms with Gasteiger partial charge in [0.25, 0.3) is 5.91 Å². The Morgan fingerprint density at radius 1 is 1.24 bits per heavy atom. The molecule has 0 radical (unpaired) electrons. The zero-order valence-electron chi connectivity index (χ0n) is 11.4. The minimum absolute atomic E-state index is 0.0231. The Morgan fingerprint density at radius 3 is 2.29 bits per heavy atom. The standard InChI is InChI=1S/C14H17ClN2O3S/c15-11-6-5-10(7-12(11)21(16,19)20)14(18)17-13(8-1-2-8)9-3-4-9/h5-9,13H,1-4H2,(H,17,18)(H2,16,19,20). The average Bonchev–Trinajstić information content (AvgIpc) is 3.27. The van der Waals surface area contributed by atoms with Crippen LogP contribution in [0.5, 0.6) is 0 Å². The Labute approximate surface area is 128 Å². The summed E-state index contributed by atoms with van der Waals surface area (Å²) in [6.07, 6.45) is 4.63. The maximum atomic E-state index is 12.3. The molecular weight excluding hydrogens is 312 g/mol. The Morgan fingerprint density at radius 2 is 1.81 bits per heavy atom. The van der Waals surface area contributed by atoms with Crippen molar-refractivity contribution in [2.45, 2.75) is 36.6 Å². The van der Waals surface area contributed by atoms with Gasteiger partial charge in [-0.25, -0.2) is 13.6 Å². The van der Waals surface area contributed by atoms with Crippen molar-refractivity contribution in [3.8, 4) is 0 Å². The van der Waals surface area contributed by atoms with Crippen LogP contribution in [0.15, 0.2) is 23.1 Å². The van der Waals surface area contributed by atoms with Crippen molar-refractivity contribution < 1.29 is 13.2 Å². The minimum atomic E-state index is -3.94. The number of primary sulfonamides is 1. The number of benzene rings is 1. The number of carbonyl (C=O) groups is 1. The molecular formula is C14H17ClN2O3S. The first-order valence-corrected chi connectivity index (χ1v) is 8.92. The highest BCUT2D eigenvalue weighted by molar-refractivity contribution is 7.89. The van der Waals surface area contributed by atoms with Crippen molar-refractivity contribution in [2.75, 3.05) is 0 Å². The van der Waals surface area contributed by atoms with Crippen LogP contribution in [0.3, 0.4) is 0 Å². The van der Waals surface area contributed by atoms with Crippen molar-refractivity contribution in [3.05, 3.63) is 28.8 Å². The van der Waals surface area contributed by atoms with E-state index in [2.05, 4.69) is 5.32 Å². The highest BCUT2D eigenvalue weighted by Gasteiger charge is 2.42. The Balaban J connectivity index is 1.81. The molecule has 2 aliphatic rings. The molecule has 2 saturated carbocycles. The molecule has 0 atom stereocenters. The van der Waals surface area contributed by atoms with Gasteiger partial charge in [0.15, 0.2) is 0 Å². The van der Waals surface area contributed by atoms with Gasteiger partial charge in [0.05, 0.1) is 5.02 Å². The van der Waals surface area contributed by atoms with Gasteiger partial charge in [-0.3, -0.25) is 4.79 Å². The van der Waals surface area contributed by atoms with Crippen LogP contribution in [0.25, 0.3) is 0 Å². The van der Waals surface area contributed by atoms with Gasteiger partial charge in [-0.2, -0.15) is 0 Å². The molecule has 1 amide bonds. The third kappa shape index (κ3) is 3.39. The van der Waals surface area contributed by atoms with Gasteiger partial charge in [0.1, 0.15) is 4.90 Å².